The molecule has 0 unspecified atom stereocenters. The molecule has 0 saturated carbocycles. The van der Waals surface area contributed by atoms with Crippen molar-refractivity contribution in [1.82, 2.24) is 4.98 Å². The fourth-order valence-corrected chi connectivity index (χ4v) is 2.34. The maximum Gasteiger partial charge on any atom is 0.340 e. The van der Waals surface area contributed by atoms with Crippen molar-refractivity contribution in [3.05, 3.63) is 41.1 Å². The maximum atomic E-state index is 12.2. The topological polar surface area (TPSA) is 77.6 Å². The van der Waals surface area contributed by atoms with Gasteiger partial charge in [0.05, 0.1) is 32.6 Å². The summed E-state index contributed by atoms with van der Waals surface area (Å²) in [5, 5.41) is 0. The van der Waals surface area contributed by atoms with Gasteiger partial charge in [-0.25, -0.2) is 9.59 Å². The normalized spacial score (nSPS) is 10.2. The zero-order chi connectivity index (χ0) is 16.3. The van der Waals surface area contributed by atoms with Gasteiger partial charge in [0.1, 0.15) is 11.3 Å². The Kier molecular flexibility index (Phi) is 4.50. The van der Waals surface area contributed by atoms with Crippen molar-refractivity contribution in [3.8, 4) is 17.0 Å². The number of ether oxygens (including phenoxy) is 3. The molecule has 1 aromatic heterocycles. The van der Waals surface area contributed by atoms with Gasteiger partial charge in [0.2, 0.25) is 0 Å². The van der Waals surface area contributed by atoms with Crippen molar-refractivity contribution in [1.29, 1.82) is 0 Å². The maximum absolute atomic E-state index is 12.2. The summed E-state index contributed by atoms with van der Waals surface area (Å²) in [5.74, 6) is -0.647. The first kappa shape index (κ1) is 15.6. The van der Waals surface area contributed by atoms with Crippen molar-refractivity contribution in [3.63, 3.8) is 0 Å². The first-order chi connectivity index (χ1) is 10.5. The number of hydrogen-bond donors (Lipinski definition) is 1. The molecule has 0 amide bonds. The third kappa shape index (κ3) is 2.55. The number of carbonyl (C=O) groups is 2. The van der Waals surface area contributed by atoms with Crippen LogP contribution in [0.15, 0.2) is 24.3 Å². The molecule has 22 heavy (non-hydrogen) atoms. The fraction of sp³-hybridized carbons (Fsp3) is 0.250. The molecule has 6 heteroatoms. The summed E-state index contributed by atoms with van der Waals surface area (Å²) in [6.45, 7) is 1.69. The molecule has 0 atom stereocenters. The first-order valence-corrected chi connectivity index (χ1v) is 6.57. The van der Waals surface area contributed by atoms with E-state index in [2.05, 4.69) is 4.98 Å². The first-order valence-electron chi connectivity index (χ1n) is 6.57. The number of aromatic amines is 1. The van der Waals surface area contributed by atoms with Crippen molar-refractivity contribution in [2.75, 3.05) is 21.3 Å². The molecule has 0 saturated heterocycles. The van der Waals surface area contributed by atoms with E-state index in [1.807, 2.05) is 12.1 Å². The average molecular weight is 303 g/mol. The minimum Gasteiger partial charge on any atom is -0.496 e. The van der Waals surface area contributed by atoms with E-state index in [0.717, 1.165) is 0 Å². The van der Waals surface area contributed by atoms with Crippen LogP contribution in [0.25, 0.3) is 11.3 Å². The molecule has 1 heterocycles. The molecule has 0 aliphatic carbocycles. The number of H-pyrrole nitrogens is 1. The van der Waals surface area contributed by atoms with Crippen LogP contribution in [0.5, 0.6) is 5.75 Å². The molecule has 6 nitrogen and oxygen atoms in total. The van der Waals surface area contributed by atoms with Crippen LogP contribution in [0.3, 0.4) is 0 Å². The van der Waals surface area contributed by atoms with E-state index in [0.29, 0.717) is 22.7 Å². The van der Waals surface area contributed by atoms with Crippen molar-refractivity contribution in [2.45, 2.75) is 6.92 Å². The molecule has 2 aromatic rings. The summed E-state index contributed by atoms with van der Waals surface area (Å²) in [7, 11) is 4.06. The minimum absolute atomic E-state index is 0.136. The zero-order valence-corrected chi connectivity index (χ0v) is 12.9. The van der Waals surface area contributed by atoms with Gasteiger partial charge in [0.15, 0.2) is 0 Å². The quantitative estimate of drug-likeness (QED) is 0.878. The Morgan fingerprint density at radius 1 is 0.955 bits per heavy atom. The Labute approximate surface area is 128 Å². The number of hydrogen-bond acceptors (Lipinski definition) is 5. The number of nitrogens with one attached hydrogen (secondary N) is 1. The Morgan fingerprint density at radius 2 is 1.55 bits per heavy atom. The van der Waals surface area contributed by atoms with Crippen molar-refractivity contribution >= 4 is 11.9 Å². The Balaban J connectivity index is 2.76. The summed E-state index contributed by atoms with van der Waals surface area (Å²) >= 11 is 0. The molecule has 2 rings (SSSR count). The number of benzene rings is 1. The Bertz CT molecular complexity index is 717. The number of para-hydroxylation sites is 1. The predicted molar refractivity (Wildman–Crippen MR) is 80.2 cm³/mol. The molecule has 0 radical (unpaired) electrons. The van der Waals surface area contributed by atoms with Gasteiger partial charge < -0.3 is 19.2 Å². The zero-order valence-electron chi connectivity index (χ0n) is 12.9. The van der Waals surface area contributed by atoms with Gasteiger partial charge in [0, 0.05) is 11.3 Å². The van der Waals surface area contributed by atoms with Crippen LogP contribution in [-0.4, -0.2) is 38.3 Å². The highest BCUT2D eigenvalue weighted by molar-refractivity contribution is 6.08. The van der Waals surface area contributed by atoms with E-state index in [4.69, 9.17) is 14.2 Å². The standard InChI is InChI=1S/C16H17NO5/c1-9-12(15(18)21-3)13(16(19)22-4)14(17-9)10-7-5-6-8-11(10)20-2/h5-8,17H,1-4H3. The number of methoxy groups -OCH3 is 3. The van der Waals surface area contributed by atoms with Gasteiger partial charge in [-0.05, 0) is 19.1 Å². The smallest absolute Gasteiger partial charge is 0.340 e. The van der Waals surface area contributed by atoms with Crippen LogP contribution in [0.4, 0.5) is 0 Å². The van der Waals surface area contributed by atoms with Crippen LogP contribution < -0.4 is 4.74 Å². The van der Waals surface area contributed by atoms with Gasteiger partial charge in [0.25, 0.3) is 0 Å². The van der Waals surface area contributed by atoms with Crippen molar-refractivity contribution < 1.29 is 23.8 Å². The molecule has 116 valence electrons. The van der Waals surface area contributed by atoms with E-state index in [1.165, 1.54) is 21.3 Å². The molecule has 0 fully saturated rings. The Hall–Kier alpha value is -2.76. The van der Waals surface area contributed by atoms with Crippen LogP contribution in [0.1, 0.15) is 26.4 Å². The molecular formula is C16H17NO5. The molecule has 1 N–H and O–H groups in total. The highest BCUT2D eigenvalue weighted by Crippen LogP contribution is 2.34. The third-order valence-corrected chi connectivity index (χ3v) is 3.34. The van der Waals surface area contributed by atoms with Crippen LogP contribution in [0, 0.1) is 6.92 Å². The van der Waals surface area contributed by atoms with Crippen LogP contribution in [0.2, 0.25) is 0 Å². The second-order valence-corrected chi connectivity index (χ2v) is 4.56. The van der Waals surface area contributed by atoms with E-state index >= 15 is 0 Å². The number of carbonyl (C=O) groups excluding carboxylic acids is 2. The summed E-state index contributed by atoms with van der Waals surface area (Å²) in [6, 6.07) is 7.19. The van der Waals surface area contributed by atoms with Crippen LogP contribution >= 0.6 is 0 Å². The summed E-state index contributed by atoms with van der Waals surface area (Å²) < 4.78 is 14.9. The lowest BCUT2D eigenvalue weighted by Gasteiger charge is -2.09. The van der Waals surface area contributed by atoms with Gasteiger partial charge in [-0.3, -0.25) is 0 Å². The minimum atomic E-state index is -0.620. The SMILES string of the molecule is COC(=O)c1c(C)[nH]c(-c2ccccc2OC)c1C(=O)OC. The van der Waals surface area contributed by atoms with Crippen molar-refractivity contribution in [2.24, 2.45) is 0 Å². The summed E-state index contributed by atoms with van der Waals surface area (Å²) in [4.78, 5) is 27.2. The van der Waals surface area contributed by atoms with Gasteiger partial charge in [-0.1, -0.05) is 12.1 Å². The molecule has 1 aromatic carbocycles. The highest BCUT2D eigenvalue weighted by atomic mass is 16.5. The van der Waals surface area contributed by atoms with E-state index < -0.39 is 11.9 Å². The highest BCUT2D eigenvalue weighted by Gasteiger charge is 2.29. The van der Waals surface area contributed by atoms with E-state index in [9.17, 15) is 9.59 Å². The molecule has 0 bridgehead atoms. The Morgan fingerprint density at radius 3 is 2.14 bits per heavy atom. The van der Waals surface area contributed by atoms with Gasteiger partial charge in [-0.15, -0.1) is 0 Å². The number of rotatable bonds is 4. The summed E-state index contributed by atoms with van der Waals surface area (Å²) in [5.41, 5.74) is 1.94. The molecule has 0 spiro atoms. The number of esters is 2. The molecule has 0 aliphatic rings. The van der Waals surface area contributed by atoms with E-state index in [1.54, 1.807) is 19.1 Å². The lowest BCUT2D eigenvalue weighted by Crippen LogP contribution is -2.11. The second-order valence-electron chi connectivity index (χ2n) is 4.56. The molecule has 0 aliphatic heterocycles. The lowest BCUT2D eigenvalue weighted by molar-refractivity contribution is 0.0556. The average Bonchev–Trinajstić information content (AvgIpc) is 2.90. The second kappa shape index (κ2) is 6.34. The lowest BCUT2D eigenvalue weighted by atomic mass is 10.0. The predicted octanol–water partition coefficient (Wildman–Crippen LogP) is 2.57. The van der Waals surface area contributed by atoms with Gasteiger partial charge in [-0.2, -0.15) is 0 Å². The largest absolute Gasteiger partial charge is 0.496 e. The number of aromatic nitrogens is 1. The fourth-order valence-electron chi connectivity index (χ4n) is 2.34. The number of aryl methyl sites for hydroxylation is 1. The molecular weight excluding hydrogens is 286 g/mol. The summed E-state index contributed by atoms with van der Waals surface area (Å²) in [6.07, 6.45) is 0. The van der Waals surface area contributed by atoms with Gasteiger partial charge >= 0.3 is 11.9 Å². The van der Waals surface area contributed by atoms with E-state index in [-0.39, 0.29) is 11.1 Å². The monoisotopic (exact) mass is 303 g/mol. The van der Waals surface area contributed by atoms with Crippen LogP contribution in [-0.2, 0) is 9.47 Å². The third-order valence-electron chi connectivity index (χ3n) is 3.34.